The summed E-state index contributed by atoms with van der Waals surface area (Å²) in [5.41, 5.74) is 0.459. The molecule has 25 heavy (non-hydrogen) atoms. The number of hydrogen-bond donors (Lipinski definition) is 1. The molecule has 1 aromatic carbocycles. The Morgan fingerprint density at radius 2 is 1.76 bits per heavy atom. The third-order valence-electron chi connectivity index (χ3n) is 3.71. The largest absolute Gasteiger partial charge is 0.493 e. The summed E-state index contributed by atoms with van der Waals surface area (Å²) in [6, 6.07) is 2.72. The number of carbonyl (C=O) groups excluding carboxylic acids is 1. The monoisotopic (exact) mass is 371 g/mol. The van der Waals surface area contributed by atoms with Crippen LogP contribution < -0.4 is 14.2 Å². The van der Waals surface area contributed by atoms with Crippen molar-refractivity contribution in [3.63, 3.8) is 0 Å². The van der Waals surface area contributed by atoms with Crippen molar-refractivity contribution in [1.29, 1.82) is 0 Å². The molecule has 1 atom stereocenters. The van der Waals surface area contributed by atoms with Gasteiger partial charge in [0.25, 0.3) is 0 Å². The molecule has 0 spiro atoms. The summed E-state index contributed by atoms with van der Waals surface area (Å²) in [5, 5.41) is 0. The van der Waals surface area contributed by atoms with Crippen LogP contribution in [0.1, 0.15) is 26.3 Å². The molecule has 1 aromatic rings. The lowest BCUT2D eigenvalue weighted by atomic mass is 10.1. The first-order valence-electron chi connectivity index (χ1n) is 7.70. The molecule has 0 heterocycles. The fourth-order valence-corrected chi connectivity index (χ4v) is 3.53. The van der Waals surface area contributed by atoms with Crippen molar-refractivity contribution >= 4 is 22.1 Å². The highest BCUT2D eigenvalue weighted by atomic mass is 32.2. The first kappa shape index (κ1) is 21.0. The van der Waals surface area contributed by atoms with Crippen molar-refractivity contribution in [2.24, 2.45) is 5.92 Å². The second-order valence-electron chi connectivity index (χ2n) is 5.77. The molecular formula is C17H25NO6S. The second-order valence-corrected chi connectivity index (χ2v) is 7.45. The van der Waals surface area contributed by atoms with E-state index in [-0.39, 0.29) is 28.4 Å². The van der Waals surface area contributed by atoms with Crippen molar-refractivity contribution in [2.45, 2.75) is 31.7 Å². The Bertz CT molecular complexity index is 740. The smallest absolute Gasteiger partial charge is 0.330 e. The maximum Gasteiger partial charge on any atom is 0.330 e. The summed E-state index contributed by atoms with van der Waals surface area (Å²) in [6.07, 6.45) is 2.64. The molecule has 0 aromatic heterocycles. The number of benzene rings is 1. The summed E-state index contributed by atoms with van der Waals surface area (Å²) in [7, 11) is 0.183. The molecule has 1 N–H and O–H groups in total. The highest BCUT2D eigenvalue weighted by molar-refractivity contribution is 7.89. The minimum Gasteiger partial charge on any atom is -0.493 e. The SMILES string of the molecule is COC(=O)/C=C\c1cc(OC)c(OC)c(S(=O)(=O)N[C@H](C)C(C)C)c1. The molecule has 8 heteroatoms. The topological polar surface area (TPSA) is 90.9 Å². The number of methoxy groups -OCH3 is 3. The Morgan fingerprint density at radius 1 is 1.12 bits per heavy atom. The van der Waals surface area contributed by atoms with E-state index in [9.17, 15) is 13.2 Å². The molecule has 0 aliphatic rings. The van der Waals surface area contributed by atoms with Crippen molar-refractivity contribution in [1.82, 2.24) is 4.72 Å². The highest BCUT2D eigenvalue weighted by Crippen LogP contribution is 2.36. The van der Waals surface area contributed by atoms with Crippen molar-refractivity contribution in [2.75, 3.05) is 21.3 Å². The Labute approximate surface area is 149 Å². The van der Waals surface area contributed by atoms with Gasteiger partial charge in [-0.2, -0.15) is 0 Å². The number of sulfonamides is 1. The van der Waals surface area contributed by atoms with E-state index in [2.05, 4.69) is 9.46 Å². The maximum atomic E-state index is 12.8. The van der Waals surface area contributed by atoms with Gasteiger partial charge in [-0.1, -0.05) is 13.8 Å². The molecule has 0 radical (unpaired) electrons. The number of carbonyl (C=O) groups is 1. The third-order valence-corrected chi connectivity index (χ3v) is 5.28. The molecule has 0 aliphatic carbocycles. The number of ether oxygens (including phenoxy) is 3. The van der Waals surface area contributed by atoms with Crippen LogP contribution in [0.4, 0.5) is 0 Å². The van der Waals surface area contributed by atoms with Gasteiger partial charge < -0.3 is 14.2 Å². The van der Waals surface area contributed by atoms with Gasteiger partial charge in [-0.15, -0.1) is 0 Å². The summed E-state index contributed by atoms with van der Waals surface area (Å²) >= 11 is 0. The van der Waals surface area contributed by atoms with E-state index in [1.807, 2.05) is 13.8 Å². The number of esters is 1. The molecule has 0 unspecified atom stereocenters. The normalized spacial score (nSPS) is 13.1. The van der Waals surface area contributed by atoms with Crippen LogP contribution in [0.3, 0.4) is 0 Å². The minimum absolute atomic E-state index is 0.0636. The Balaban J connectivity index is 3.45. The minimum atomic E-state index is -3.85. The van der Waals surface area contributed by atoms with Gasteiger partial charge in [0.05, 0.1) is 21.3 Å². The summed E-state index contributed by atoms with van der Waals surface area (Å²) in [5.74, 6) is -0.0934. The van der Waals surface area contributed by atoms with E-state index >= 15 is 0 Å². The summed E-state index contributed by atoms with van der Waals surface area (Å²) < 4.78 is 43.2. The van der Waals surface area contributed by atoms with Gasteiger partial charge in [0, 0.05) is 12.1 Å². The molecule has 0 amide bonds. The van der Waals surface area contributed by atoms with Crippen LogP contribution in [0.15, 0.2) is 23.1 Å². The van der Waals surface area contributed by atoms with Gasteiger partial charge in [0.15, 0.2) is 11.5 Å². The van der Waals surface area contributed by atoms with Crippen molar-refractivity contribution in [3.8, 4) is 11.5 Å². The molecule has 0 bridgehead atoms. The van der Waals surface area contributed by atoms with Crippen molar-refractivity contribution in [3.05, 3.63) is 23.8 Å². The molecule has 0 saturated heterocycles. The van der Waals surface area contributed by atoms with Crippen LogP contribution in [0.5, 0.6) is 11.5 Å². The van der Waals surface area contributed by atoms with Crippen LogP contribution in [-0.2, 0) is 19.6 Å². The summed E-state index contributed by atoms with van der Waals surface area (Å²) in [6.45, 7) is 5.62. The Morgan fingerprint density at radius 3 is 2.24 bits per heavy atom. The quantitative estimate of drug-likeness (QED) is 0.556. The molecule has 0 fully saturated rings. The van der Waals surface area contributed by atoms with Crippen LogP contribution in [-0.4, -0.2) is 41.8 Å². The van der Waals surface area contributed by atoms with Gasteiger partial charge in [-0.05, 0) is 36.6 Å². The predicted molar refractivity (Wildman–Crippen MR) is 95.2 cm³/mol. The highest BCUT2D eigenvalue weighted by Gasteiger charge is 2.26. The van der Waals surface area contributed by atoms with Gasteiger partial charge in [0.2, 0.25) is 10.0 Å². The Hall–Kier alpha value is -2.06. The lowest BCUT2D eigenvalue weighted by Crippen LogP contribution is -2.36. The Kier molecular flexibility index (Phi) is 7.44. The first-order valence-corrected chi connectivity index (χ1v) is 9.19. The molecule has 0 saturated carbocycles. The molecule has 140 valence electrons. The van der Waals surface area contributed by atoms with Crippen LogP contribution in [0.2, 0.25) is 0 Å². The van der Waals surface area contributed by atoms with E-state index in [4.69, 9.17) is 9.47 Å². The van der Waals surface area contributed by atoms with Gasteiger partial charge >= 0.3 is 5.97 Å². The number of rotatable bonds is 8. The zero-order valence-electron chi connectivity index (χ0n) is 15.3. The van der Waals surface area contributed by atoms with Crippen LogP contribution in [0, 0.1) is 5.92 Å². The van der Waals surface area contributed by atoms with Gasteiger partial charge in [-0.25, -0.2) is 17.9 Å². The van der Waals surface area contributed by atoms with Crippen LogP contribution in [0.25, 0.3) is 6.08 Å². The van der Waals surface area contributed by atoms with Crippen molar-refractivity contribution < 1.29 is 27.4 Å². The number of hydrogen-bond acceptors (Lipinski definition) is 6. The fraction of sp³-hybridized carbons (Fsp3) is 0.471. The standard InChI is InChI=1S/C17H25NO6S/c1-11(2)12(3)18-25(20,21)15-10-13(7-8-16(19)23-5)9-14(22-4)17(15)24-6/h7-12,18H,1-6H3/b8-7-/t12-/m1/s1. The van der Waals surface area contributed by atoms with E-state index in [0.29, 0.717) is 5.56 Å². The first-order chi connectivity index (χ1) is 11.7. The molecule has 0 aliphatic heterocycles. The van der Waals surface area contributed by atoms with Gasteiger partial charge in [-0.3, -0.25) is 0 Å². The maximum absolute atomic E-state index is 12.8. The molecule has 7 nitrogen and oxygen atoms in total. The van der Waals surface area contributed by atoms with E-state index in [1.165, 1.54) is 39.5 Å². The number of nitrogens with one attached hydrogen (secondary N) is 1. The zero-order valence-corrected chi connectivity index (χ0v) is 16.1. The zero-order chi connectivity index (χ0) is 19.2. The third kappa shape index (κ3) is 5.47. The average Bonchev–Trinajstić information content (AvgIpc) is 2.57. The van der Waals surface area contributed by atoms with E-state index in [0.717, 1.165) is 0 Å². The molecular weight excluding hydrogens is 346 g/mol. The van der Waals surface area contributed by atoms with E-state index in [1.54, 1.807) is 13.0 Å². The van der Waals surface area contributed by atoms with Gasteiger partial charge in [0.1, 0.15) is 4.90 Å². The van der Waals surface area contributed by atoms with E-state index < -0.39 is 16.0 Å². The summed E-state index contributed by atoms with van der Waals surface area (Å²) in [4.78, 5) is 11.2. The van der Waals surface area contributed by atoms with Crippen LogP contribution >= 0.6 is 0 Å². The lowest BCUT2D eigenvalue weighted by molar-refractivity contribution is -0.134. The fourth-order valence-electron chi connectivity index (χ4n) is 1.92. The average molecular weight is 371 g/mol. The predicted octanol–water partition coefficient (Wildman–Crippen LogP) is 2.21. The lowest BCUT2D eigenvalue weighted by Gasteiger charge is -2.20. The molecule has 1 rings (SSSR count). The second kappa shape index (κ2) is 8.87.